The van der Waals surface area contributed by atoms with Gasteiger partial charge in [0.15, 0.2) is 5.76 Å². The first-order valence-electron chi connectivity index (χ1n) is 11.7. The van der Waals surface area contributed by atoms with Crippen LogP contribution < -0.4 is 4.90 Å². The molecule has 7 nitrogen and oxygen atoms in total. The molecule has 3 aromatic heterocycles. The third kappa shape index (κ3) is 4.30. The minimum atomic E-state index is 0.729. The summed E-state index contributed by atoms with van der Waals surface area (Å²) in [5.41, 5.74) is 4.21. The molecule has 1 aliphatic rings. The lowest BCUT2D eigenvalue weighted by molar-refractivity contribution is 0.249. The molecule has 34 heavy (non-hydrogen) atoms. The summed E-state index contributed by atoms with van der Waals surface area (Å²) >= 11 is 0. The van der Waals surface area contributed by atoms with E-state index in [0.29, 0.717) is 0 Å². The summed E-state index contributed by atoms with van der Waals surface area (Å²) in [7, 11) is 0. The monoisotopic (exact) mass is 450 g/mol. The minimum absolute atomic E-state index is 0.729. The quantitative estimate of drug-likeness (QED) is 0.381. The number of piperazine rings is 1. The van der Waals surface area contributed by atoms with Gasteiger partial charge in [-0.1, -0.05) is 48.5 Å². The third-order valence-corrected chi connectivity index (χ3v) is 6.29. The number of fused-ring (bicyclic) bond motifs is 1. The van der Waals surface area contributed by atoms with Crippen LogP contribution in [0.5, 0.6) is 0 Å². The lowest BCUT2D eigenvalue weighted by Gasteiger charge is -2.34. The van der Waals surface area contributed by atoms with Gasteiger partial charge < -0.3 is 9.32 Å². The van der Waals surface area contributed by atoms with Gasteiger partial charge in [0.05, 0.1) is 6.54 Å². The Morgan fingerprint density at radius 3 is 2.35 bits per heavy atom. The molecule has 4 heterocycles. The van der Waals surface area contributed by atoms with Crippen LogP contribution in [-0.2, 0) is 13.1 Å². The van der Waals surface area contributed by atoms with Gasteiger partial charge in [0.2, 0.25) is 5.95 Å². The predicted octanol–water partition coefficient (Wildman–Crippen LogP) is 4.46. The smallest absolute Gasteiger partial charge is 0.225 e. The molecule has 0 radical (unpaired) electrons. The number of benzene rings is 2. The number of hydrogen-bond acceptors (Lipinski definition) is 6. The first kappa shape index (κ1) is 20.6. The fourth-order valence-electron chi connectivity index (χ4n) is 4.54. The Morgan fingerprint density at radius 1 is 0.794 bits per heavy atom. The van der Waals surface area contributed by atoms with E-state index in [4.69, 9.17) is 9.52 Å². The molecule has 0 bridgehead atoms. The molecule has 0 spiro atoms. The van der Waals surface area contributed by atoms with E-state index < -0.39 is 0 Å². The van der Waals surface area contributed by atoms with Crippen molar-refractivity contribution in [2.45, 2.75) is 13.1 Å². The van der Waals surface area contributed by atoms with Crippen LogP contribution in [0.1, 0.15) is 11.1 Å². The molecular weight excluding hydrogens is 424 g/mol. The fraction of sp³-hybridized carbons (Fsp3) is 0.222. The Kier molecular flexibility index (Phi) is 5.53. The highest BCUT2D eigenvalue weighted by Crippen LogP contribution is 2.30. The number of rotatable bonds is 6. The van der Waals surface area contributed by atoms with Gasteiger partial charge in [-0.3, -0.25) is 9.58 Å². The zero-order valence-corrected chi connectivity index (χ0v) is 18.9. The average Bonchev–Trinajstić information content (AvgIpc) is 3.49. The van der Waals surface area contributed by atoms with Crippen molar-refractivity contribution in [3.05, 3.63) is 96.4 Å². The molecule has 0 N–H and O–H groups in total. The maximum Gasteiger partial charge on any atom is 0.225 e. The van der Waals surface area contributed by atoms with Crippen molar-refractivity contribution in [3.8, 4) is 11.5 Å². The molecule has 0 saturated carbocycles. The summed E-state index contributed by atoms with van der Waals surface area (Å²) in [5, 5.41) is 6.06. The summed E-state index contributed by atoms with van der Waals surface area (Å²) in [6, 6.07) is 22.5. The maximum atomic E-state index is 6.20. The van der Waals surface area contributed by atoms with E-state index >= 15 is 0 Å². The lowest BCUT2D eigenvalue weighted by atomic mass is 10.1. The highest BCUT2D eigenvalue weighted by Gasteiger charge is 2.22. The van der Waals surface area contributed by atoms with Crippen molar-refractivity contribution in [2.75, 3.05) is 31.1 Å². The highest BCUT2D eigenvalue weighted by atomic mass is 16.3. The topological polar surface area (TPSA) is 63.2 Å². The second-order valence-electron chi connectivity index (χ2n) is 8.65. The molecule has 0 atom stereocenters. The molecular formula is C27H26N6O. The van der Waals surface area contributed by atoms with Crippen molar-refractivity contribution in [3.63, 3.8) is 0 Å². The number of nitrogens with zero attached hydrogens (tertiary/aromatic N) is 6. The average molecular weight is 451 g/mol. The second kappa shape index (κ2) is 9.11. The molecule has 0 amide bonds. The van der Waals surface area contributed by atoms with E-state index in [1.165, 1.54) is 11.1 Å². The number of aromatic nitrogens is 4. The third-order valence-electron chi connectivity index (χ3n) is 6.29. The number of furan rings is 1. The zero-order valence-electron chi connectivity index (χ0n) is 18.9. The van der Waals surface area contributed by atoms with E-state index in [1.807, 2.05) is 35.0 Å². The summed E-state index contributed by atoms with van der Waals surface area (Å²) in [6.07, 6.45) is 5.77. The normalized spacial score (nSPS) is 14.6. The summed E-state index contributed by atoms with van der Waals surface area (Å²) in [6.45, 7) is 5.26. The Bertz CT molecular complexity index is 1340. The molecule has 6 rings (SSSR count). The van der Waals surface area contributed by atoms with Crippen LogP contribution in [0.25, 0.3) is 22.4 Å². The van der Waals surface area contributed by atoms with Crippen LogP contribution in [0, 0.1) is 0 Å². The van der Waals surface area contributed by atoms with Gasteiger partial charge in [-0.25, -0.2) is 9.97 Å². The number of para-hydroxylation sites is 1. The number of anilines is 1. The van der Waals surface area contributed by atoms with Crippen LogP contribution >= 0.6 is 0 Å². The summed E-state index contributed by atoms with van der Waals surface area (Å²) in [4.78, 5) is 13.5. The van der Waals surface area contributed by atoms with Crippen molar-refractivity contribution in [1.82, 2.24) is 24.6 Å². The van der Waals surface area contributed by atoms with Crippen LogP contribution in [0.3, 0.4) is 0 Å². The molecule has 170 valence electrons. The SMILES string of the molecule is c1ccc(Cn2cc(CN3CCN(c4ncccn4)CC3)c(-c3cc4ccccc4o3)n2)cc1. The van der Waals surface area contributed by atoms with Gasteiger partial charge in [-0.2, -0.15) is 5.10 Å². The fourth-order valence-corrected chi connectivity index (χ4v) is 4.54. The molecule has 1 fully saturated rings. The van der Waals surface area contributed by atoms with Crippen molar-refractivity contribution < 1.29 is 4.42 Å². The van der Waals surface area contributed by atoms with E-state index in [9.17, 15) is 0 Å². The van der Waals surface area contributed by atoms with Crippen molar-refractivity contribution in [2.24, 2.45) is 0 Å². The minimum Gasteiger partial charge on any atom is -0.454 e. The van der Waals surface area contributed by atoms with Crippen LogP contribution in [-0.4, -0.2) is 50.8 Å². The molecule has 1 aliphatic heterocycles. The van der Waals surface area contributed by atoms with Crippen molar-refractivity contribution >= 4 is 16.9 Å². The molecule has 0 aliphatic carbocycles. The number of hydrogen-bond donors (Lipinski definition) is 0. The molecule has 0 unspecified atom stereocenters. The van der Waals surface area contributed by atoms with E-state index in [1.54, 1.807) is 12.4 Å². The summed E-state index contributed by atoms with van der Waals surface area (Å²) in [5.74, 6) is 1.63. The molecule has 7 heteroatoms. The second-order valence-corrected chi connectivity index (χ2v) is 8.65. The lowest BCUT2D eigenvalue weighted by Crippen LogP contribution is -2.46. The maximum absolute atomic E-state index is 6.20. The van der Waals surface area contributed by atoms with E-state index in [2.05, 4.69) is 62.4 Å². The van der Waals surface area contributed by atoms with Gasteiger partial charge in [-0.05, 0) is 23.8 Å². The largest absolute Gasteiger partial charge is 0.454 e. The van der Waals surface area contributed by atoms with Gasteiger partial charge in [0, 0.05) is 62.3 Å². The molecule has 1 saturated heterocycles. The van der Waals surface area contributed by atoms with Gasteiger partial charge in [0.1, 0.15) is 11.3 Å². The first-order chi connectivity index (χ1) is 16.8. The van der Waals surface area contributed by atoms with E-state index in [-0.39, 0.29) is 0 Å². The zero-order chi connectivity index (χ0) is 22.7. The standard InChI is InChI=1S/C27H26N6O/c1-2-7-21(8-3-1)18-33-20-23(26(30-33)25-17-22-9-4-5-10-24(22)34-25)19-31-13-15-32(16-14-31)27-28-11-6-12-29-27/h1-12,17,20H,13-16,18-19H2. The van der Waals surface area contributed by atoms with Gasteiger partial charge in [0.25, 0.3) is 0 Å². The molecule has 5 aromatic rings. The predicted molar refractivity (Wildman–Crippen MR) is 133 cm³/mol. The molecule has 2 aromatic carbocycles. The van der Waals surface area contributed by atoms with Crippen LogP contribution in [0.2, 0.25) is 0 Å². The Balaban J connectivity index is 1.25. The van der Waals surface area contributed by atoms with Crippen LogP contribution in [0.4, 0.5) is 5.95 Å². The Hall–Kier alpha value is -3.97. The highest BCUT2D eigenvalue weighted by molar-refractivity contribution is 5.82. The van der Waals surface area contributed by atoms with E-state index in [0.717, 1.165) is 67.6 Å². The summed E-state index contributed by atoms with van der Waals surface area (Å²) < 4.78 is 8.23. The van der Waals surface area contributed by atoms with Gasteiger partial charge in [-0.15, -0.1) is 0 Å². The van der Waals surface area contributed by atoms with Crippen LogP contribution in [0.15, 0.2) is 89.7 Å². The Morgan fingerprint density at radius 2 is 1.56 bits per heavy atom. The van der Waals surface area contributed by atoms with Gasteiger partial charge >= 0.3 is 0 Å². The Labute approximate surface area is 198 Å². The first-order valence-corrected chi connectivity index (χ1v) is 11.7. The van der Waals surface area contributed by atoms with Crippen molar-refractivity contribution in [1.29, 1.82) is 0 Å².